The Morgan fingerprint density at radius 2 is 1.94 bits per heavy atom. The maximum absolute atomic E-state index is 13.1. The van der Waals surface area contributed by atoms with Crippen molar-refractivity contribution in [1.29, 1.82) is 0 Å². The number of methoxy groups -OCH3 is 1. The van der Waals surface area contributed by atoms with Gasteiger partial charge in [-0.25, -0.2) is 0 Å². The molecule has 0 spiro atoms. The molecule has 2 aromatic carbocycles. The average Bonchev–Trinajstić information content (AvgIpc) is 3.34. The van der Waals surface area contributed by atoms with E-state index in [1.165, 1.54) is 37.4 Å². The zero-order valence-electron chi connectivity index (χ0n) is 17.9. The molecule has 1 aliphatic heterocycles. The predicted octanol–water partition coefficient (Wildman–Crippen LogP) is 3.83. The molecule has 1 saturated heterocycles. The molecule has 1 N–H and O–H groups in total. The van der Waals surface area contributed by atoms with Crippen LogP contribution in [0.1, 0.15) is 28.5 Å². The van der Waals surface area contributed by atoms with E-state index in [0.29, 0.717) is 17.1 Å². The Kier molecular flexibility index (Phi) is 5.42. The normalized spacial score (nSPS) is 17.4. The quantitative estimate of drug-likeness (QED) is 0.204. The van der Waals surface area contributed by atoms with Crippen molar-refractivity contribution in [3.8, 4) is 5.75 Å². The smallest absolute Gasteiger partial charge is 0.301 e. The van der Waals surface area contributed by atoms with Crippen LogP contribution < -0.4 is 9.64 Å². The maximum atomic E-state index is 13.1. The number of ether oxygens (including phenoxy) is 1. The first kappa shape index (κ1) is 21.8. The molecule has 1 amide bonds. The summed E-state index contributed by atoms with van der Waals surface area (Å²) in [6.45, 7) is 3.39. The van der Waals surface area contributed by atoms with Gasteiger partial charge in [0, 0.05) is 23.8 Å². The molecule has 33 heavy (non-hydrogen) atoms. The molecular weight excluding hydrogens is 430 g/mol. The Labute approximate surface area is 187 Å². The molecule has 1 aliphatic rings. The number of amides is 1. The lowest BCUT2D eigenvalue weighted by Gasteiger charge is -2.22. The topological polar surface area (TPSA) is 136 Å². The number of aryl methyl sites for hydroxylation is 2. The molecule has 0 bridgehead atoms. The zero-order chi connectivity index (χ0) is 23.9. The van der Waals surface area contributed by atoms with Crippen LogP contribution in [0.3, 0.4) is 0 Å². The SMILES string of the molecule is COc1ccc(/C(O)=C2\C(=O)C(=O)N(c3cc(C)on3)C2c2cccc([N+](=O)[O-])c2)cc1C. The first-order valence-electron chi connectivity index (χ1n) is 9.86. The van der Waals surface area contributed by atoms with Crippen LogP contribution in [-0.4, -0.2) is 34.0 Å². The number of carbonyl (C=O) groups is 2. The van der Waals surface area contributed by atoms with E-state index in [1.807, 2.05) is 0 Å². The van der Waals surface area contributed by atoms with E-state index in [4.69, 9.17) is 9.26 Å². The lowest BCUT2D eigenvalue weighted by molar-refractivity contribution is -0.384. The lowest BCUT2D eigenvalue weighted by atomic mass is 9.94. The minimum Gasteiger partial charge on any atom is -0.507 e. The molecule has 1 aromatic heterocycles. The van der Waals surface area contributed by atoms with Gasteiger partial charge in [0.25, 0.3) is 11.5 Å². The number of ketones is 1. The van der Waals surface area contributed by atoms with E-state index in [0.717, 1.165) is 4.90 Å². The third-order valence-electron chi connectivity index (χ3n) is 5.37. The zero-order valence-corrected chi connectivity index (χ0v) is 17.9. The number of anilines is 1. The van der Waals surface area contributed by atoms with E-state index in [1.54, 1.807) is 32.0 Å². The van der Waals surface area contributed by atoms with Crippen LogP contribution in [0, 0.1) is 24.0 Å². The third kappa shape index (κ3) is 3.71. The fourth-order valence-corrected chi connectivity index (χ4v) is 3.84. The average molecular weight is 449 g/mol. The lowest BCUT2D eigenvalue weighted by Crippen LogP contribution is -2.29. The molecule has 0 aliphatic carbocycles. The van der Waals surface area contributed by atoms with Crippen molar-refractivity contribution in [2.75, 3.05) is 12.0 Å². The van der Waals surface area contributed by atoms with Gasteiger partial charge in [-0.1, -0.05) is 17.3 Å². The molecule has 0 saturated carbocycles. The number of carbonyl (C=O) groups excluding carboxylic acids is 2. The van der Waals surface area contributed by atoms with Crippen LogP contribution in [0.15, 0.2) is 58.6 Å². The number of Topliss-reactive ketones (excluding diaryl/α,β-unsaturated/α-hetero) is 1. The van der Waals surface area contributed by atoms with Gasteiger partial charge in [0.15, 0.2) is 5.82 Å². The molecule has 4 rings (SSSR count). The number of nitro benzene ring substituents is 1. The molecule has 0 radical (unpaired) electrons. The second kappa shape index (κ2) is 8.23. The van der Waals surface area contributed by atoms with Crippen molar-refractivity contribution >= 4 is 29.0 Å². The minimum absolute atomic E-state index is 0.0519. The summed E-state index contributed by atoms with van der Waals surface area (Å²) in [6, 6.07) is 10.6. The molecule has 1 unspecified atom stereocenters. The van der Waals surface area contributed by atoms with Gasteiger partial charge in [0.2, 0.25) is 0 Å². The van der Waals surface area contributed by atoms with Crippen molar-refractivity contribution in [1.82, 2.24) is 5.16 Å². The van der Waals surface area contributed by atoms with Crippen molar-refractivity contribution in [2.45, 2.75) is 19.9 Å². The Bertz CT molecular complexity index is 1330. The Morgan fingerprint density at radius 1 is 1.18 bits per heavy atom. The largest absolute Gasteiger partial charge is 0.507 e. The van der Waals surface area contributed by atoms with E-state index in [-0.39, 0.29) is 28.2 Å². The fourth-order valence-electron chi connectivity index (χ4n) is 3.84. The van der Waals surface area contributed by atoms with Crippen molar-refractivity contribution in [2.24, 2.45) is 0 Å². The van der Waals surface area contributed by atoms with Gasteiger partial charge in [0.05, 0.1) is 23.6 Å². The van der Waals surface area contributed by atoms with Crippen LogP contribution in [0.25, 0.3) is 5.76 Å². The van der Waals surface area contributed by atoms with Crippen molar-refractivity contribution in [3.05, 3.63) is 86.7 Å². The number of hydrogen-bond donors (Lipinski definition) is 1. The summed E-state index contributed by atoms with van der Waals surface area (Å²) in [4.78, 5) is 38.0. The highest BCUT2D eigenvalue weighted by atomic mass is 16.6. The molecule has 10 nitrogen and oxygen atoms in total. The molecular formula is C23H19N3O7. The van der Waals surface area contributed by atoms with Crippen LogP contribution in [-0.2, 0) is 9.59 Å². The summed E-state index contributed by atoms with van der Waals surface area (Å²) in [6.07, 6.45) is 0. The van der Waals surface area contributed by atoms with Gasteiger partial charge in [-0.05, 0) is 43.2 Å². The number of rotatable bonds is 5. The highest BCUT2D eigenvalue weighted by molar-refractivity contribution is 6.51. The fraction of sp³-hybridized carbons (Fsp3) is 0.174. The van der Waals surface area contributed by atoms with Crippen molar-refractivity contribution in [3.63, 3.8) is 0 Å². The number of hydrogen-bond acceptors (Lipinski definition) is 8. The first-order valence-corrected chi connectivity index (χ1v) is 9.86. The highest BCUT2D eigenvalue weighted by Crippen LogP contribution is 2.42. The monoisotopic (exact) mass is 449 g/mol. The number of aliphatic hydroxyl groups is 1. The highest BCUT2D eigenvalue weighted by Gasteiger charge is 2.48. The van der Waals surface area contributed by atoms with Gasteiger partial charge in [-0.15, -0.1) is 0 Å². The van der Waals surface area contributed by atoms with E-state index in [2.05, 4.69) is 5.16 Å². The molecule has 3 aromatic rings. The van der Waals surface area contributed by atoms with Gasteiger partial charge in [-0.3, -0.25) is 24.6 Å². The van der Waals surface area contributed by atoms with Gasteiger partial charge >= 0.3 is 5.91 Å². The van der Waals surface area contributed by atoms with Crippen LogP contribution in [0.5, 0.6) is 5.75 Å². The number of nitro groups is 1. The van der Waals surface area contributed by atoms with E-state index in [9.17, 15) is 24.8 Å². The number of aromatic nitrogens is 1. The standard InChI is InChI=1S/C23H19N3O7/c1-12-9-15(7-8-17(12)32-3)21(27)19-20(14-5-4-6-16(11-14)26(30)31)25(23(29)22(19)28)18-10-13(2)33-24-18/h4-11,20,27H,1-3H3/b21-19+. The van der Waals surface area contributed by atoms with Crippen LogP contribution >= 0.6 is 0 Å². The van der Waals surface area contributed by atoms with Gasteiger partial charge in [0.1, 0.15) is 17.3 Å². The van der Waals surface area contributed by atoms with Crippen LogP contribution in [0.2, 0.25) is 0 Å². The molecule has 1 atom stereocenters. The summed E-state index contributed by atoms with van der Waals surface area (Å²) < 4.78 is 10.3. The molecule has 2 heterocycles. The third-order valence-corrected chi connectivity index (χ3v) is 5.37. The molecule has 10 heteroatoms. The second-order valence-electron chi connectivity index (χ2n) is 7.50. The molecule has 1 fully saturated rings. The maximum Gasteiger partial charge on any atom is 0.301 e. The summed E-state index contributed by atoms with van der Waals surface area (Å²) in [5.74, 6) is -1.27. The summed E-state index contributed by atoms with van der Waals surface area (Å²) in [5, 5.41) is 26.3. The summed E-state index contributed by atoms with van der Waals surface area (Å²) >= 11 is 0. The predicted molar refractivity (Wildman–Crippen MR) is 117 cm³/mol. The second-order valence-corrected chi connectivity index (χ2v) is 7.50. The Morgan fingerprint density at radius 3 is 2.55 bits per heavy atom. The first-order chi connectivity index (χ1) is 15.7. The number of non-ortho nitro benzene ring substituents is 1. The number of aliphatic hydroxyl groups excluding tert-OH is 1. The Hall–Kier alpha value is -4.47. The number of benzene rings is 2. The van der Waals surface area contributed by atoms with E-state index >= 15 is 0 Å². The Balaban J connectivity index is 1.96. The van der Waals surface area contributed by atoms with Crippen molar-refractivity contribution < 1.29 is 28.9 Å². The summed E-state index contributed by atoms with van der Waals surface area (Å²) in [5.41, 5.74) is 0.809. The van der Waals surface area contributed by atoms with Gasteiger partial charge < -0.3 is 14.4 Å². The number of nitrogens with zero attached hydrogens (tertiary/aromatic N) is 3. The van der Waals surface area contributed by atoms with Crippen LogP contribution in [0.4, 0.5) is 11.5 Å². The summed E-state index contributed by atoms with van der Waals surface area (Å²) in [7, 11) is 1.51. The van der Waals surface area contributed by atoms with E-state index < -0.39 is 28.4 Å². The molecule has 168 valence electrons. The minimum atomic E-state index is -1.16. The van der Waals surface area contributed by atoms with Gasteiger partial charge in [-0.2, -0.15) is 0 Å².